The molecule has 2 aliphatic heterocycles. The Morgan fingerprint density at radius 1 is 0.750 bits per heavy atom. The van der Waals surface area contributed by atoms with Crippen LogP contribution in [0.4, 0.5) is 5.13 Å². The number of carbonyl (C=O) groups excluding carboxylic acids is 2. The van der Waals surface area contributed by atoms with E-state index < -0.39 is 41.6 Å². The molecule has 1 saturated heterocycles. The smallest absolute Gasteiger partial charge is 0.352 e. The van der Waals surface area contributed by atoms with Gasteiger partial charge < -0.3 is 20.6 Å². The lowest BCUT2D eigenvalue weighted by atomic mass is 9.77. The van der Waals surface area contributed by atoms with E-state index in [2.05, 4.69) is 94.4 Å². The molecule has 318 valence electrons. The Labute approximate surface area is 379 Å². The Morgan fingerprint density at radius 3 is 1.64 bits per heavy atom. The lowest BCUT2D eigenvalue weighted by Gasteiger charge is -2.49. The van der Waals surface area contributed by atoms with Gasteiger partial charge >= 0.3 is 5.97 Å². The molecule has 0 bridgehead atoms. The Bertz CT molecular complexity index is 2720. The van der Waals surface area contributed by atoms with Crippen LogP contribution in [-0.4, -0.2) is 68.6 Å². The minimum Gasteiger partial charge on any atom is -0.477 e. The number of nitrogens with zero attached hydrogens (tertiary/aromatic N) is 3. The molecule has 2 aliphatic rings. The van der Waals surface area contributed by atoms with Crippen LogP contribution in [0.1, 0.15) is 22.4 Å². The van der Waals surface area contributed by atoms with Gasteiger partial charge in [0.05, 0.1) is 0 Å². The second-order valence-corrected chi connectivity index (χ2v) is 20.2. The number of carbonyl (C=O) groups is 3. The number of oxime groups is 1. The zero-order valence-electron chi connectivity index (χ0n) is 34.5. The number of aliphatic carboxylic acids is 1. The van der Waals surface area contributed by atoms with Crippen molar-refractivity contribution >= 4 is 80.3 Å². The maximum absolute atomic E-state index is 14.2. The molecule has 0 aliphatic carbocycles. The number of rotatable bonds is 14. The summed E-state index contributed by atoms with van der Waals surface area (Å²) in [6, 6.07) is 59.6. The van der Waals surface area contributed by atoms with Crippen LogP contribution in [0, 0.1) is 0 Å². The van der Waals surface area contributed by atoms with E-state index in [1.54, 1.807) is 5.38 Å². The third kappa shape index (κ3) is 7.74. The quantitative estimate of drug-likeness (QED) is 0.0338. The predicted octanol–water partition coefficient (Wildman–Crippen LogP) is 7.43. The van der Waals surface area contributed by atoms with Crippen LogP contribution >= 0.6 is 30.0 Å². The fraction of sp³-hybridized carbons (Fsp3) is 0.0980. The number of amides is 2. The average molecular weight is 900 g/mol. The standard InChI is InChI=1S/C51H42N5O5PS2/c1-61-55-43(42-34-64-50(52-42)54-51(36-20-8-2-9-21-36,37-22-10-3-11-23-37)38-24-12-4-13-25-38)46(57)53-44-47(58)56-45(49(59)60)35(33-63-48(44)56)32-62(39-26-14-5-15-27-39,40-28-16-6-17-29-40)41-30-18-7-19-31-41/h2-32,34,44,48H,33H2,1H3,(H,52,54)(H,53,57)(H,59,60)/t44-,48+/m1/s1. The topological polar surface area (TPSA) is 133 Å². The Hall–Kier alpha value is -6.98. The molecule has 2 atom stereocenters. The highest BCUT2D eigenvalue weighted by Gasteiger charge is 2.54. The van der Waals surface area contributed by atoms with Gasteiger partial charge in [-0.2, -0.15) is 0 Å². The SMILES string of the molecule is CON=C(C(=O)N[C@@H]1C(=O)N2C(C(=O)O)=C(C=P(c3ccccc3)(c3ccccc3)c3ccccc3)CS[C@@H]12)c1csc(NC(c2ccccc2)(c2ccccc2)c2ccccc2)n1. The molecule has 0 spiro atoms. The van der Waals surface area contributed by atoms with Crippen LogP contribution in [0.3, 0.4) is 0 Å². The van der Waals surface area contributed by atoms with Gasteiger partial charge in [0.2, 0.25) is 0 Å². The molecule has 9 rings (SSSR count). The molecule has 13 heteroatoms. The highest BCUT2D eigenvalue weighted by Crippen LogP contribution is 2.48. The van der Waals surface area contributed by atoms with Gasteiger partial charge in [-0.1, -0.05) is 187 Å². The van der Waals surface area contributed by atoms with E-state index >= 15 is 0 Å². The van der Waals surface area contributed by atoms with Crippen LogP contribution in [0.2, 0.25) is 0 Å². The summed E-state index contributed by atoms with van der Waals surface area (Å²) in [6.07, 6.45) is 0. The van der Waals surface area contributed by atoms with E-state index in [9.17, 15) is 19.5 Å². The Balaban J connectivity index is 1.03. The minimum absolute atomic E-state index is 0.0915. The van der Waals surface area contributed by atoms with Crippen molar-refractivity contribution in [3.63, 3.8) is 0 Å². The first kappa shape index (κ1) is 42.3. The summed E-state index contributed by atoms with van der Waals surface area (Å²) in [5, 5.41) is 26.2. The highest BCUT2D eigenvalue weighted by molar-refractivity contribution is 8.00. The fourth-order valence-electron chi connectivity index (χ4n) is 8.52. The van der Waals surface area contributed by atoms with Gasteiger partial charge in [0.15, 0.2) is 10.8 Å². The van der Waals surface area contributed by atoms with Crippen molar-refractivity contribution < 1.29 is 24.3 Å². The normalized spacial score (nSPS) is 16.3. The van der Waals surface area contributed by atoms with Crippen molar-refractivity contribution in [2.24, 2.45) is 5.16 Å². The van der Waals surface area contributed by atoms with Gasteiger partial charge in [0, 0.05) is 11.1 Å². The number of benzene rings is 6. The molecule has 6 aromatic carbocycles. The summed E-state index contributed by atoms with van der Waals surface area (Å²) < 4.78 is 0. The molecule has 2 amide bonds. The van der Waals surface area contributed by atoms with E-state index in [0.29, 0.717) is 16.5 Å². The Morgan fingerprint density at radius 2 is 1.20 bits per heavy atom. The van der Waals surface area contributed by atoms with Gasteiger partial charge in [-0.05, 0) is 50.9 Å². The van der Waals surface area contributed by atoms with Crippen LogP contribution in [0.5, 0.6) is 0 Å². The number of anilines is 1. The van der Waals surface area contributed by atoms with Crippen molar-refractivity contribution in [1.82, 2.24) is 15.2 Å². The summed E-state index contributed by atoms with van der Waals surface area (Å²) >= 11 is 2.71. The highest BCUT2D eigenvalue weighted by atomic mass is 32.2. The maximum atomic E-state index is 14.2. The van der Waals surface area contributed by atoms with E-state index in [0.717, 1.165) is 32.6 Å². The number of aromatic nitrogens is 1. The molecule has 3 N–H and O–H groups in total. The zero-order chi connectivity index (χ0) is 44.1. The van der Waals surface area contributed by atoms with Crippen LogP contribution in [0.25, 0.3) is 0 Å². The van der Waals surface area contributed by atoms with E-state index in [1.807, 2.05) is 109 Å². The number of β-lactam (4-membered cyclic amide) rings is 1. The number of thiazole rings is 1. The minimum atomic E-state index is -2.61. The van der Waals surface area contributed by atoms with Crippen molar-refractivity contribution in [3.05, 3.63) is 221 Å². The van der Waals surface area contributed by atoms with E-state index in [1.165, 1.54) is 35.1 Å². The summed E-state index contributed by atoms with van der Waals surface area (Å²) in [4.78, 5) is 52.9. The van der Waals surface area contributed by atoms with Crippen LogP contribution in [0.15, 0.2) is 204 Å². The van der Waals surface area contributed by atoms with Crippen LogP contribution < -0.4 is 26.5 Å². The molecular weight excluding hydrogens is 858 g/mol. The maximum Gasteiger partial charge on any atom is 0.352 e. The molecule has 3 heterocycles. The second kappa shape index (κ2) is 18.4. The summed E-state index contributed by atoms with van der Waals surface area (Å²) in [7, 11) is 1.34. The van der Waals surface area contributed by atoms with E-state index in [4.69, 9.17) is 9.82 Å². The number of nitrogens with one attached hydrogen (secondary N) is 2. The van der Waals surface area contributed by atoms with Crippen LogP contribution in [-0.2, 0) is 24.8 Å². The predicted molar refractivity (Wildman–Crippen MR) is 259 cm³/mol. The summed E-state index contributed by atoms with van der Waals surface area (Å²) in [6.45, 7) is -2.61. The first-order chi connectivity index (χ1) is 31.3. The van der Waals surface area contributed by atoms with Crippen molar-refractivity contribution in [1.29, 1.82) is 0 Å². The number of fused-ring (bicyclic) bond motifs is 1. The van der Waals surface area contributed by atoms with Gasteiger partial charge in [0.25, 0.3) is 11.8 Å². The van der Waals surface area contributed by atoms with Gasteiger partial charge in [-0.25, -0.2) is 9.78 Å². The van der Waals surface area contributed by atoms with Gasteiger partial charge in [0.1, 0.15) is 35.5 Å². The van der Waals surface area contributed by atoms with Gasteiger partial charge in [-0.3, -0.25) is 14.5 Å². The average Bonchev–Trinajstić information content (AvgIpc) is 3.82. The molecule has 7 aromatic rings. The zero-order valence-corrected chi connectivity index (χ0v) is 37.0. The number of hydrogen-bond donors (Lipinski definition) is 3. The number of thioether (sulfide) groups is 1. The molecule has 10 nitrogen and oxygen atoms in total. The summed E-state index contributed by atoms with van der Waals surface area (Å²) in [5.74, 6) is -0.0458. The molecule has 1 aromatic heterocycles. The molecule has 0 radical (unpaired) electrons. The molecular formula is C51H42N5O5PS2. The number of hydrogen-bond acceptors (Lipinski definition) is 9. The van der Waals surface area contributed by atoms with Crippen molar-refractivity contribution in [2.45, 2.75) is 17.0 Å². The molecule has 64 heavy (non-hydrogen) atoms. The first-order valence-corrected chi connectivity index (χ1v) is 24.3. The number of carboxylic acid groups (broad SMARTS) is 1. The molecule has 1 fully saturated rings. The van der Waals surface area contributed by atoms with Crippen molar-refractivity contribution in [2.75, 3.05) is 18.2 Å². The molecule has 0 unspecified atom stereocenters. The lowest BCUT2D eigenvalue weighted by molar-refractivity contribution is -0.150. The van der Waals surface area contributed by atoms with E-state index in [-0.39, 0.29) is 17.1 Å². The largest absolute Gasteiger partial charge is 0.477 e. The lowest BCUT2D eigenvalue weighted by Crippen LogP contribution is -2.71. The molecule has 0 saturated carbocycles. The second-order valence-electron chi connectivity index (χ2n) is 15.0. The van der Waals surface area contributed by atoms with Gasteiger partial charge in [-0.15, -0.1) is 23.1 Å². The van der Waals surface area contributed by atoms with Crippen molar-refractivity contribution in [3.8, 4) is 0 Å². The first-order valence-electron chi connectivity index (χ1n) is 20.5. The third-order valence-electron chi connectivity index (χ3n) is 11.4. The fourth-order valence-corrected chi connectivity index (χ4v) is 14.7. The number of carboxylic acids is 1. The third-order valence-corrected chi connectivity index (χ3v) is 17.5. The summed E-state index contributed by atoms with van der Waals surface area (Å²) in [5.41, 5.74) is 2.63. The monoisotopic (exact) mass is 899 g/mol. The Kier molecular flexibility index (Phi) is 12.2.